The Kier molecular flexibility index (Phi) is 4.11. The fraction of sp³-hybridized carbons (Fsp3) is 0.417. The molecule has 0 radical (unpaired) electrons. The van der Waals surface area contributed by atoms with Crippen LogP contribution in [-0.4, -0.2) is 17.3 Å². The van der Waals surface area contributed by atoms with E-state index in [1.54, 1.807) is 18.2 Å². The van der Waals surface area contributed by atoms with Gasteiger partial charge in [-0.1, -0.05) is 18.6 Å². The molecule has 2 N–H and O–H groups in total. The topological polar surface area (TPSA) is 79.6 Å². The molecule has 0 atom stereocenters. The molecule has 1 aliphatic heterocycles. The lowest BCUT2D eigenvalue weighted by atomic mass is 10.2. The number of hydrazine groups is 1. The second kappa shape index (κ2) is 6.00. The van der Waals surface area contributed by atoms with Crippen LogP contribution in [0.3, 0.4) is 0 Å². The number of nitrogens with one attached hydrogen (secondary N) is 2. The maximum absolute atomic E-state index is 10.8. The Morgan fingerprint density at radius 2 is 2.00 bits per heavy atom. The van der Waals surface area contributed by atoms with Gasteiger partial charge in [0.2, 0.25) is 0 Å². The molecule has 1 heterocycles. The third-order valence-corrected chi connectivity index (χ3v) is 2.82. The predicted octanol–water partition coefficient (Wildman–Crippen LogP) is 2.48. The van der Waals surface area contributed by atoms with Crippen LogP contribution in [-0.2, 0) is 0 Å². The number of nitro groups is 1. The number of nitro benzene ring substituents is 1. The van der Waals surface area contributed by atoms with Crippen molar-refractivity contribution in [1.29, 1.82) is 0 Å². The number of hydrogen-bond acceptors (Lipinski definition) is 5. The summed E-state index contributed by atoms with van der Waals surface area (Å²) in [5.41, 5.74) is 6.35. The van der Waals surface area contributed by atoms with Gasteiger partial charge in [-0.15, -0.1) is 0 Å². The third-order valence-electron chi connectivity index (χ3n) is 2.82. The van der Waals surface area contributed by atoms with Gasteiger partial charge in [-0.2, -0.15) is 0 Å². The molecule has 0 amide bonds. The number of para-hydroxylation sites is 2. The van der Waals surface area contributed by atoms with Crippen molar-refractivity contribution in [1.82, 2.24) is 5.43 Å². The molecule has 0 aliphatic carbocycles. The molecule has 0 spiro atoms. The standard InChI is InChI=1S/C12H16N4O2/c17-16(18)11-7-4-3-6-10(11)14-15-12-8-2-1-5-9-13-12/h3-4,6-7,14H,1-2,5,8-9H2,(H,13,15). The molecule has 6 heteroatoms. The molecule has 0 aromatic heterocycles. The van der Waals surface area contributed by atoms with Crippen molar-refractivity contribution < 1.29 is 4.92 Å². The number of hydrogen-bond donors (Lipinski definition) is 2. The highest BCUT2D eigenvalue weighted by Gasteiger charge is 2.12. The summed E-state index contributed by atoms with van der Waals surface area (Å²) in [5.74, 6) is 0.866. The highest BCUT2D eigenvalue weighted by molar-refractivity contribution is 5.84. The van der Waals surface area contributed by atoms with Crippen molar-refractivity contribution in [3.8, 4) is 0 Å². The van der Waals surface area contributed by atoms with E-state index in [-0.39, 0.29) is 5.69 Å². The summed E-state index contributed by atoms with van der Waals surface area (Å²) in [7, 11) is 0. The van der Waals surface area contributed by atoms with Crippen molar-refractivity contribution in [3.63, 3.8) is 0 Å². The highest BCUT2D eigenvalue weighted by Crippen LogP contribution is 2.22. The first-order chi connectivity index (χ1) is 8.77. The fourth-order valence-electron chi connectivity index (χ4n) is 1.85. The average molecular weight is 248 g/mol. The van der Waals surface area contributed by atoms with E-state index in [1.807, 2.05) is 0 Å². The van der Waals surface area contributed by atoms with Crippen LogP contribution in [0.25, 0.3) is 0 Å². The van der Waals surface area contributed by atoms with Crippen LogP contribution in [0, 0.1) is 10.1 Å². The average Bonchev–Trinajstić information content (AvgIpc) is 2.65. The number of nitrogens with zero attached hydrogens (tertiary/aromatic N) is 2. The van der Waals surface area contributed by atoms with Gasteiger partial charge in [0, 0.05) is 19.0 Å². The van der Waals surface area contributed by atoms with Crippen molar-refractivity contribution in [3.05, 3.63) is 34.4 Å². The van der Waals surface area contributed by atoms with Gasteiger partial charge in [-0.05, 0) is 18.9 Å². The SMILES string of the molecule is O=[N+]([O-])c1ccccc1NNC1=NCCCCC1. The van der Waals surface area contributed by atoms with E-state index >= 15 is 0 Å². The molecule has 96 valence electrons. The zero-order valence-corrected chi connectivity index (χ0v) is 10.1. The van der Waals surface area contributed by atoms with Crippen molar-refractivity contribution in [2.24, 2.45) is 4.99 Å². The second-order valence-electron chi connectivity index (χ2n) is 4.16. The molecule has 1 aromatic carbocycles. The van der Waals surface area contributed by atoms with Crippen LogP contribution in [0.15, 0.2) is 29.3 Å². The molecule has 1 aliphatic rings. The Balaban J connectivity index is 2.01. The van der Waals surface area contributed by atoms with Gasteiger partial charge in [0.1, 0.15) is 11.5 Å². The van der Waals surface area contributed by atoms with Gasteiger partial charge in [0.25, 0.3) is 5.69 Å². The van der Waals surface area contributed by atoms with E-state index in [9.17, 15) is 10.1 Å². The van der Waals surface area contributed by atoms with Crippen LogP contribution in [0.5, 0.6) is 0 Å². The Hall–Kier alpha value is -2.11. The van der Waals surface area contributed by atoms with Gasteiger partial charge in [0.05, 0.1) is 4.92 Å². The molecule has 18 heavy (non-hydrogen) atoms. The first kappa shape index (κ1) is 12.3. The minimum atomic E-state index is -0.404. The lowest BCUT2D eigenvalue weighted by Gasteiger charge is -2.11. The van der Waals surface area contributed by atoms with E-state index in [4.69, 9.17) is 0 Å². The smallest absolute Gasteiger partial charge is 0.294 e. The van der Waals surface area contributed by atoms with E-state index in [1.165, 1.54) is 12.5 Å². The van der Waals surface area contributed by atoms with E-state index < -0.39 is 4.92 Å². The molecule has 1 aromatic rings. The van der Waals surface area contributed by atoms with Gasteiger partial charge < -0.3 is 0 Å². The summed E-state index contributed by atoms with van der Waals surface area (Å²) in [6.45, 7) is 0.820. The van der Waals surface area contributed by atoms with Crippen molar-refractivity contribution in [2.75, 3.05) is 12.0 Å². The largest absolute Gasteiger partial charge is 0.294 e. The van der Waals surface area contributed by atoms with Gasteiger partial charge in [0.15, 0.2) is 0 Å². The van der Waals surface area contributed by atoms with E-state index in [0.29, 0.717) is 5.69 Å². The number of anilines is 1. The van der Waals surface area contributed by atoms with Gasteiger partial charge in [-0.3, -0.25) is 26.0 Å². The molecular formula is C12H16N4O2. The maximum Gasteiger partial charge on any atom is 0.294 e. The number of rotatable bonds is 3. The summed E-state index contributed by atoms with van der Waals surface area (Å²) < 4.78 is 0. The van der Waals surface area contributed by atoms with Crippen LogP contribution in [0.1, 0.15) is 25.7 Å². The molecule has 2 rings (SSSR count). The molecule has 0 saturated carbocycles. The summed E-state index contributed by atoms with van der Waals surface area (Å²) >= 11 is 0. The Bertz CT molecular complexity index is 459. The maximum atomic E-state index is 10.8. The zero-order chi connectivity index (χ0) is 12.8. The predicted molar refractivity (Wildman–Crippen MR) is 70.6 cm³/mol. The molecule has 0 unspecified atom stereocenters. The Labute approximate surface area is 105 Å². The first-order valence-corrected chi connectivity index (χ1v) is 6.06. The van der Waals surface area contributed by atoms with Crippen molar-refractivity contribution in [2.45, 2.75) is 25.7 Å². The highest BCUT2D eigenvalue weighted by atomic mass is 16.6. The summed E-state index contributed by atoms with van der Waals surface area (Å²) in [4.78, 5) is 14.8. The lowest BCUT2D eigenvalue weighted by Crippen LogP contribution is -2.29. The zero-order valence-electron chi connectivity index (χ0n) is 10.1. The molecule has 0 fully saturated rings. The molecular weight excluding hydrogens is 232 g/mol. The van der Waals surface area contributed by atoms with E-state index in [2.05, 4.69) is 15.8 Å². The first-order valence-electron chi connectivity index (χ1n) is 6.06. The lowest BCUT2D eigenvalue weighted by molar-refractivity contribution is -0.384. The number of benzene rings is 1. The second-order valence-corrected chi connectivity index (χ2v) is 4.16. The van der Waals surface area contributed by atoms with Crippen molar-refractivity contribution >= 4 is 17.2 Å². The van der Waals surface area contributed by atoms with Crippen LogP contribution in [0.4, 0.5) is 11.4 Å². The summed E-state index contributed by atoms with van der Waals surface area (Å²) in [6, 6.07) is 6.54. The van der Waals surface area contributed by atoms with Gasteiger partial charge >= 0.3 is 0 Å². The van der Waals surface area contributed by atoms with Gasteiger partial charge in [-0.25, -0.2) is 0 Å². The van der Waals surface area contributed by atoms with Crippen LogP contribution >= 0.6 is 0 Å². The minimum Gasteiger partial charge on any atom is -0.294 e. The Morgan fingerprint density at radius 3 is 2.83 bits per heavy atom. The number of aliphatic imine (C=N–C) groups is 1. The van der Waals surface area contributed by atoms with Crippen LogP contribution < -0.4 is 10.9 Å². The normalized spacial score (nSPS) is 15.4. The third kappa shape index (κ3) is 3.19. The molecule has 0 saturated heterocycles. The monoisotopic (exact) mass is 248 g/mol. The van der Waals surface area contributed by atoms with E-state index in [0.717, 1.165) is 31.6 Å². The number of amidine groups is 1. The van der Waals surface area contributed by atoms with Crippen LogP contribution in [0.2, 0.25) is 0 Å². The molecule has 6 nitrogen and oxygen atoms in total. The minimum absolute atomic E-state index is 0.0548. The summed E-state index contributed by atoms with van der Waals surface area (Å²) in [5, 5.41) is 10.8. The summed E-state index contributed by atoms with van der Waals surface area (Å²) in [6.07, 6.45) is 4.27. The molecule has 0 bridgehead atoms. The quantitative estimate of drug-likeness (QED) is 0.636. The fourth-order valence-corrected chi connectivity index (χ4v) is 1.85. The Morgan fingerprint density at radius 1 is 1.17 bits per heavy atom.